The Labute approximate surface area is 85.1 Å². The molecule has 0 aliphatic carbocycles. The number of hydrogen-bond donors (Lipinski definition) is 0. The zero-order chi connectivity index (χ0) is 10.8. The van der Waals surface area contributed by atoms with Crippen LogP contribution in [0.4, 0.5) is 0 Å². The Kier molecular flexibility index (Phi) is 6.92. The summed E-state index contributed by atoms with van der Waals surface area (Å²) in [5.41, 5.74) is 10.6. The summed E-state index contributed by atoms with van der Waals surface area (Å²) in [6, 6.07) is 0. The summed E-state index contributed by atoms with van der Waals surface area (Å²) in [6.07, 6.45) is 5.39. The molecule has 0 aromatic heterocycles. The predicted molar refractivity (Wildman–Crippen MR) is 57.9 cm³/mol. The summed E-state index contributed by atoms with van der Waals surface area (Å²) in [7, 11) is 0. The van der Waals surface area contributed by atoms with E-state index in [4.69, 9.17) is 0 Å². The van der Waals surface area contributed by atoms with Crippen LogP contribution in [0.5, 0.6) is 0 Å². The van der Waals surface area contributed by atoms with Crippen molar-refractivity contribution in [1.82, 2.24) is 0 Å². The molecule has 0 aliphatic rings. The molecule has 0 rings (SSSR count). The second kappa shape index (κ2) is 7.90. The minimum absolute atomic E-state index is 0.0446. The highest BCUT2D eigenvalue weighted by molar-refractivity contribution is 6.03. The SMILES string of the molecule is C=C=C=C=C=C(C)C(=O)C=CCCC. The van der Waals surface area contributed by atoms with E-state index < -0.39 is 0 Å². The average molecular weight is 186 g/mol. The topological polar surface area (TPSA) is 17.1 Å². The zero-order valence-electron chi connectivity index (χ0n) is 8.68. The summed E-state index contributed by atoms with van der Waals surface area (Å²) >= 11 is 0. The van der Waals surface area contributed by atoms with Crippen LogP contribution in [0, 0.1) is 0 Å². The third kappa shape index (κ3) is 5.86. The van der Waals surface area contributed by atoms with E-state index in [2.05, 4.69) is 36.4 Å². The van der Waals surface area contributed by atoms with E-state index >= 15 is 0 Å². The molecule has 0 aliphatic heterocycles. The van der Waals surface area contributed by atoms with E-state index in [0.717, 1.165) is 12.8 Å². The Bertz CT molecular complexity index is 373. The maximum atomic E-state index is 11.3. The first-order chi connectivity index (χ1) is 6.72. The molecule has 0 amide bonds. The minimum atomic E-state index is -0.0446. The van der Waals surface area contributed by atoms with Crippen LogP contribution in [0.1, 0.15) is 26.7 Å². The van der Waals surface area contributed by atoms with Crippen molar-refractivity contribution in [3.05, 3.63) is 47.2 Å². The molecule has 0 spiro atoms. The summed E-state index contributed by atoms with van der Waals surface area (Å²) < 4.78 is 0. The molecule has 0 atom stereocenters. The van der Waals surface area contributed by atoms with Gasteiger partial charge in [-0.25, -0.2) is 0 Å². The van der Waals surface area contributed by atoms with Gasteiger partial charge in [-0.2, -0.15) is 0 Å². The molecule has 0 bridgehead atoms. The molecule has 14 heavy (non-hydrogen) atoms. The van der Waals surface area contributed by atoms with Crippen LogP contribution in [-0.4, -0.2) is 5.78 Å². The lowest BCUT2D eigenvalue weighted by Gasteiger charge is -1.87. The fourth-order valence-electron chi connectivity index (χ4n) is 0.713. The number of unbranched alkanes of at least 4 members (excludes halogenated alkanes) is 1. The summed E-state index contributed by atoms with van der Waals surface area (Å²) in [5, 5.41) is 0. The van der Waals surface area contributed by atoms with Gasteiger partial charge in [-0.1, -0.05) is 30.9 Å². The fourth-order valence-corrected chi connectivity index (χ4v) is 0.713. The Hall–Kier alpha value is -1.73. The molecular formula is C13H14O. The second-order valence-electron chi connectivity index (χ2n) is 2.73. The van der Waals surface area contributed by atoms with E-state index in [1.807, 2.05) is 6.08 Å². The molecule has 0 saturated carbocycles. The smallest absolute Gasteiger partial charge is 0.189 e. The van der Waals surface area contributed by atoms with Crippen LogP contribution in [0.25, 0.3) is 0 Å². The first kappa shape index (κ1) is 12.3. The van der Waals surface area contributed by atoms with Crippen LogP contribution in [0.3, 0.4) is 0 Å². The lowest BCUT2D eigenvalue weighted by Crippen LogP contribution is -1.91. The van der Waals surface area contributed by atoms with Gasteiger partial charge in [0.25, 0.3) is 0 Å². The third-order valence-corrected chi connectivity index (χ3v) is 1.50. The Morgan fingerprint density at radius 1 is 1.43 bits per heavy atom. The number of hydrogen-bond acceptors (Lipinski definition) is 1. The monoisotopic (exact) mass is 186 g/mol. The second-order valence-corrected chi connectivity index (χ2v) is 2.73. The maximum absolute atomic E-state index is 11.3. The van der Waals surface area contributed by atoms with Crippen LogP contribution < -0.4 is 0 Å². The van der Waals surface area contributed by atoms with Crippen molar-refractivity contribution in [1.29, 1.82) is 0 Å². The molecule has 0 radical (unpaired) electrons. The van der Waals surface area contributed by atoms with Gasteiger partial charge in [0.05, 0.1) is 0 Å². The highest BCUT2D eigenvalue weighted by atomic mass is 16.1. The van der Waals surface area contributed by atoms with Gasteiger partial charge in [-0.05, 0) is 37.5 Å². The lowest BCUT2D eigenvalue weighted by atomic mass is 10.2. The van der Waals surface area contributed by atoms with E-state index in [1.54, 1.807) is 13.0 Å². The van der Waals surface area contributed by atoms with Gasteiger partial charge in [0.1, 0.15) is 0 Å². The Morgan fingerprint density at radius 2 is 2.14 bits per heavy atom. The molecule has 0 fully saturated rings. The molecule has 0 N–H and O–H groups in total. The number of carbonyl (C=O) groups is 1. The van der Waals surface area contributed by atoms with E-state index in [9.17, 15) is 4.79 Å². The van der Waals surface area contributed by atoms with Gasteiger partial charge in [0.15, 0.2) is 5.78 Å². The third-order valence-electron chi connectivity index (χ3n) is 1.50. The molecule has 0 aromatic rings. The number of carbonyl (C=O) groups excluding carboxylic acids is 1. The van der Waals surface area contributed by atoms with Crippen molar-refractivity contribution in [3.63, 3.8) is 0 Å². The molecule has 0 aromatic carbocycles. The van der Waals surface area contributed by atoms with Crippen LogP contribution in [-0.2, 0) is 4.79 Å². The van der Waals surface area contributed by atoms with Gasteiger partial charge in [-0.3, -0.25) is 4.79 Å². The highest BCUT2D eigenvalue weighted by Gasteiger charge is 1.96. The number of ketones is 1. The fraction of sp³-hybridized carbons (Fsp3) is 0.308. The zero-order valence-corrected chi connectivity index (χ0v) is 8.68. The van der Waals surface area contributed by atoms with Gasteiger partial charge in [0, 0.05) is 5.57 Å². The van der Waals surface area contributed by atoms with Crippen LogP contribution in [0.2, 0.25) is 0 Å². The van der Waals surface area contributed by atoms with Crippen molar-refractivity contribution in [3.8, 4) is 0 Å². The van der Waals surface area contributed by atoms with Crippen molar-refractivity contribution in [2.24, 2.45) is 0 Å². The summed E-state index contributed by atoms with van der Waals surface area (Å²) in [5.74, 6) is -0.0446. The maximum Gasteiger partial charge on any atom is 0.189 e. The van der Waals surface area contributed by atoms with E-state index in [1.165, 1.54) is 0 Å². The first-order valence-corrected chi connectivity index (χ1v) is 4.55. The average Bonchev–Trinajstić information content (AvgIpc) is 2.18. The summed E-state index contributed by atoms with van der Waals surface area (Å²) in [6.45, 7) is 7.07. The lowest BCUT2D eigenvalue weighted by molar-refractivity contribution is -0.111. The quantitative estimate of drug-likeness (QED) is 0.487. The number of rotatable bonds is 4. The number of allylic oxidation sites excluding steroid dienone is 3. The van der Waals surface area contributed by atoms with Crippen LogP contribution >= 0.6 is 0 Å². The van der Waals surface area contributed by atoms with Crippen molar-refractivity contribution in [2.75, 3.05) is 0 Å². The Balaban J connectivity index is 4.64. The highest BCUT2D eigenvalue weighted by Crippen LogP contribution is 1.95. The largest absolute Gasteiger partial charge is 0.289 e. The van der Waals surface area contributed by atoms with Crippen molar-refractivity contribution in [2.45, 2.75) is 26.7 Å². The van der Waals surface area contributed by atoms with Gasteiger partial charge in [0.2, 0.25) is 0 Å². The van der Waals surface area contributed by atoms with Crippen molar-refractivity contribution < 1.29 is 4.79 Å². The first-order valence-electron chi connectivity index (χ1n) is 4.55. The molecule has 72 valence electrons. The van der Waals surface area contributed by atoms with Gasteiger partial charge >= 0.3 is 0 Å². The summed E-state index contributed by atoms with van der Waals surface area (Å²) in [4.78, 5) is 11.3. The molecule has 1 heteroatoms. The molecule has 0 saturated heterocycles. The molecule has 0 unspecified atom stereocenters. The molecular weight excluding hydrogens is 172 g/mol. The van der Waals surface area contributed by atoms with Gasteiger partial charge in [-0.15, -0.1) is 0 Å². The predicted octanol–water partition coefficient (Wildman–Crippen LogP) is 3.11. The molecule has 0 heterocycles. The minimum Gasteiger partial charge on any atom is -0.289 e. The van der Waals surface area contributed by atoms with Gasteiger partial charge < -0.3 is 0 Å². The van der Waals surface area contributed by atoms with Crippen molar-refractivity contribution >= 4 is 5.78 Å². The standard InChI is InChI=1S/C13H14O/c1-4-6-8-10-12(3)13(14)11-9-7-5-2/h9,11H,1,5,7H2,2-3H3. The molecule has 1 nitrogen and oxygen atoms in total. The van der Waals surface area contributed by atoms with E-state index in [-0.39, 0.29) is 5.78 Å². The van der Waals surface area contributed by atoms with Crippen LogP contribution in [0.15, 0.2) is 47.2 Å². The normalized spacial score (nSPS) is 8.43. The Morgan fingerprint density at radius 3 is 2.71 bits per heavy atom. The van der Waals surface area contributed by atoms with E-state index in [0.29, 0.717) is 5.57 Å².